The number of halogens is 1. The molecule has 0 saturated carbocycles. The Bertz CT molecular complexity index is 467. The van der Waals surface area contributed by atoms with Crippen LogP contribution in [0.5, 0.6) is 0 Å². The molecule has 6 heteroatoms. The van der Waals surface area contributed by atoms with E-state index in [1.807, 2.05) is 20.8 Å². The molecule has 1 aliphatic heterocycles. The Balaban J connectivity index is 2.75. The summed E-state index contributed by atoms with van der Waals surface area (Å²) in [6, 6.07) is 0. The molecular weight excluding hydrogens is 302 g/mol. The monoisotopic (exact) mass is 327 g/mol. The summed E-state index contributed by atoms with van der Waals surface area (Å²) >= 11 is 6.23. The second-order valence-corrected chi connectivity index (χ2v) is 6.54. The Morgan fingerprint density at radius 1 is 1.23 bits per heavy atom. The van der Waals surface area contributed by atoms with Crippen LogP contribution in [0.3, 0.4) is 0 Å². The van der Waals surface area contributed by atoms with Gasteiger partial charge in [-0.25, -0.2) is 4.79 Å². The maximum absolute atomic E-state index is 12.2. The van der Waals surface area contributed by atoms with Crippen LogP contribution < -0.4 is 0 Å². The highest BCUT2D eigenvalue weighted by Crippen LogP contribution is 2.18. The summed E-state index contributed by atoms with van der Waals surface area (Å²) in [4.78, 5) is 20.0. The summed E-state index contributed by atoms with van der Waals surface area (Å²) in [5.74, 6) is 0. The fourth-order valence-corrected chi connectivity index (χ4v) is 2.52. The van der Waals surface area contributed by atoms with E-state index in [9.17, 15) is 4.79 Å². The van der Waals surface area contributed by atoms with Crippen molar-refractivity contribution in [2.24, 2.45) is 4.99 Å². The molecule has 0 aromatic heterocycles. The van der Waals surface area contributed by atoms with E-state index in [-0.39, 0.29) is 6.09 Å². The highest BCUT2D eigenvalue weighted by molar-refractivity contribution is 6.39. The molecule has 0 atom stereocenters. The zero-order valence-electron chi connectivity index (χ0n) is 13.9. The summed E-state index contributed by atoms with van der Waals surface area (Å²) in [5.41, 5.74) is 0.370. The molecule has 0 aromatic rings. The van der Waals surface area contributed by atoms with Gasteiger partial charge in [-0.15, -0.1) is 0 Å². The minimum Gasteiger partial charge on any atom is -0.444 e. The first-order chi connectivity index (χ1) is 10.3. The summed E-state index contributed by atoms with van der Waals surface area (Å²) in [6.45, 7) is 12.2. The molecule has 0 aromatic carbocycles. The zero-order chi connectivity index (χ0) is 16.8. The number of hydrogen-bond donors (Lipinski definition) is 0. The SMILES string of the molecule is C=C/C(=C(/Cl)C=NC)N1CCCN(C(=O)OC(C)(C)C)CC1. The molecule has 0 bridgehead atoms. The van der Waals surface area contributed by atoms with Gasteiger partial charge in [-0.05, 0) is 33.3 Å². The van der Waals surface area contributed by atoms with Crippen LogP contribution in [0.25, 0.3) is 0 Å². The van der Waals surface area contributed by atoms with E-state index in [2.05, 4.69) is 16.5 Å². The van der Waals surface area contributed by atoms with Crippen LogP contribution in [0.4, 0.5) is 4.79 Å². The summed E-state index contributed by atoms with van der Waals surface area (Å²) in [6.07, 6.45) is 3.92. The van der Waals surface area contributed by atoms with Crippen LogP contribution in [0.1, 0.15) is 27.2 Å². The predicted molar refractivity (Wildman–Crippen MR) is 91.5 cm³/mol. The van der Waals surface area contributed by atoms with Gasteiger partial charge in [0.15, 0.2) is 0 Å². The molecule has 5 nitrogen and oxygen atoms in total. The van der Waals surface area contributed by atoms with E-state index in [0.29, 0.717) is 24.7 Å². The summed E-state index contributed by atoms with van der Waals surface area (Å²) in [7, 11) is 1.68. The van der Waals surface area contributed by atoms with Gasteiger partial charge in [-0.2, -0.15) is 0 Å². The lowest BCUT2D eigenvalue weighted by atomic mass is 10.2. The predicted octanol–water partition coefficient (Wildman–Crippen LogP) is 3.27. The first-order valence-electron chi connectivity index (χ1n) is 7.45. The number of allylic oxidation sites excluding steroid dienone is 2. The Morgan fingerprint density at radius 2 is 1.82 bits per heavy atom. The molecule has 1 aliphatic rings. The van der Waals surface area contributed by atoms with Crippen LogP contribution in [-0.4, -0.2) is 60.9 Å². The maximum atomic E-state index is 12.2. The van der Waals surface area contributed by atoms with E-state index in [0.717, 1.165) is 18.7 Å². The summed E-state index contributed by atoms with van der Waals surface area (Å²) in [5, 5.41) is 0.559. The van der Waals surface area contributed by atoms with E-state index in [4.69, 9.17) is 16.3 Å². The van der Waals surface area contributed by atoms with Gasteiger partial charge in [-0.1, -0.05) is 18.2 Å². The van der Waals surface area contributed by atoms with Crippen molar-refractivity contribution in [1.82, 2.24) is 9.80 Å². The van der Waals surface area contributed by atoms with Crippen molar-refractivity contribution in [3.8, 4) is 0 Å². The van der Waals surface area contributed by atoms with Crippen molar-refractivity contribution in [2.75, 3.05) is 33.2 Å². The minimum atomic E-state index is -0.476. The number of nitrogens with zero attached hydrogens (tertiary/aromatic N) is 3. The molecule has 0 unspecified atom stereocenters. The highest BCUT2D eigenvalue weighted by Gasteiger charge is 2.25. The molecule has 1 fully saturated rings. The third-order valence-corrected chi connectivity index (χ3v) is 3.46. The molecule has 22 heavy (non-hydrogen) atoms. The van der Waals surface area contributed by atoms with E-state index < -0.39 is 5.60 Å². The van der Waals surface area contributed by atoms with Gasteiger partial charge < -0.3 is 14.5 Å². The van der Waals surface area contributed by atoms with Crippen molar-refractivity contribution < 1.29 is 9.53 Å². The van der Waals surface area contributed by atoms with Gasteiger partial charge in [0.25, 0.3) is 0 Å². The fourth-order valence-electron chi connectivity index (χ4n) is 2.22. The Hall–Kier alpha value is -1.49. The molecule has 1 heterocycles. The lowest BCUT2D eigenvalue weighted by Crippen LogP contribution is -2.39. The largest absolute Gasteiger partial charge is 0.444 e. The lowest BCUT2D eigenvalue weighted by Gasteiger charge is -2.27. The molecular formula is C16H26ClN3O2. The van der Waals surface area contributed by atoms with Gasteiger partial charge >= 0.3 is 6.09 Å². The normalized spacial score (nSPS) is 18.0. The number of hydrogen-bond acceptors (Lipinski definition) is 4. The Labute approximate surface area is 138 Å². The van der Waals surface area contributed by atoms with Crippen LogP contribution in [0, 0.1) is 0 Å². The Morgan fingerprint density at radius 3 is 2.36 bits per heavy atom. The van der Waals surface area contributed by atoms with E-state index in [1.54, 1.807) is 24.2 Å². The molecule has 0 radical (unpaired) electrons. The topological polar surface area (TPSA) is 45.1 Å². The van der Waals surface area contributed by atoms with Crippen molar-refractivity contribution in [1.29, 1.82) is 0 Å². The zero-order valence-corrected chi connectivity index (χ0v) is 14.7. The average molecular weight is 328 g/mol. The second-order valence-electron chi connectivity index (χ2n) is 6.13. The standard InChI is InChI=1S/C16H26ClN3O2/c1-6-14(13(17)12-18-5)19-8-7-9-20(11-10-19)15(21)22-16(2,3)4/h6,12H,1,7-11H2,2-5H3/b14-13-,18-12?. The van der Waals surface area contributed by atoms with Gasteiger partial charge in [0.2, 0.25) is 0 Å². The van der Waals surface area contributed by atoms with Crippen molar-refractivity contribution in [2.45, 2.75) is 32.8 Å². The molecule has 0 N–H and O–H groups in total. The molecule has 1 rings (SSSR count). The maximum Gasteiger partial charge on any atom is 0.410 e. The first kappa shape index (κ1) is 18.6. The van der Waals surface area contributed by atoms with Crippen molar-refractivity contribution in [3.05, 3.63) is 23.4 Å². The number of amides is 1. The quantitative estimate of drug-likeness (QED) is 0.590. The summed E-state index contributed by atoms with van der Waals surface area (Å²) < 4.78 is 5.43. The van der Waals surface area contributed by atoms with Crippen molar-refractivity contribution >= 4 is 23.9 Å². The van der Waals surface area contributed by atoms with Crippen LogP contribution in [-0.2, 0) is 4.74 Å². The minimum absolute atomic E-state index is 0.264. The van der Waals surface area contributed by atoms with Gasteiger partial charge in [-0.3, -0.25) is 4.99 Å². The number of rotatable bonds is 3. The number of aliphatic imine (C=N–C) groups is 1. The molecule has 124 valence electrons. The van der Waals surface area contributed by atoms with E-state index in [1.165, 1.54) is 0 Å². The smallest absolute Gasteiger partial charge is 0.410 e. The Kier molecular flexibility index (Phi) is 6.94. The second kappa shape index (κ2) is 8.22. The van der Waals surface area contributed by atoms with Gasteiger partial charge in [0.1, 0.15) is 5.60 Å². The highest BCUT2D eigenvalue weighted by atomic mass is 35.5. The lowest BCUT2D eigenvalue weighted by molar-refractivity contribution is 0.0259. The van der Waals surface area contributed by atoms with Crippen molar-refractivity contribution in [3.63, 3.8) is 0 Å². The molecule has 0 aliphatic carbocycles. The fraction of sp³-hybridized carbons (Fsp3) is 0.625. The van der Waals surface area contributed by atoms with Gasteiger partial charge in [0.05, 0.1) is 10.7 Å². The van der Waals surface area contributed by atoms with Crippen LogP contribution in [0.15, 0.2) is 28.4 Å². The van der Waals surface area contributed by atoms with Gasteiger partial charge in [0, 0.05) is 39.4 Å². The van der Waals surface area contributed by atoms with Crippen LogP contribution >= 0.6 is 11.6 Å². The van der Waals surface area contributed by atoms with E-state index >= 15 is 0 Å². The first-order valence-corrected chi connectivity index (χ1v) is 7.83. The molecule has 1 amide bonds. The third kappa shape index (κ3) is 5.72. The number of carbonyl (C=O) groups excluding carboxylic acids is 1. The van der Waals surface area contributed by atoms with Crippen LogP contribution in [0.2, 0.25) is 0 Å². The average Bonchev–Trinajstić information content (AvgIpc) is 2.64. The molecule has 0 spiro atoms. The number of carbonyl (C=O) groups is 1. The number of ether oxygens (including phenoxy) is 1. The molecule has 1 saturated heterocycles. The third-order valence-electron chi connectivity index (χ3n) is 3.17.